The Balaban J connectivity index is 2.06. The van der Waals surface area contributed by atoms with Gasteiger partial charge in [-0.2, -0.15) is 0 Å². The van der Waals surface area contributed by atoms with Gasteiger partial charge in [-0.3, -0.25) is 0 Å². The first-order valence-electron chi connectivity index (χ1n) is 6.26. The summed E-state index contributed by atoms with van der Waals surface area (Å²) < 4.78 is 7.23. The lowest BCUT2D eigenvalue weighted by molar-refractivity contribution is 0.0696. The molecule has 6 nitrogen and oxygen atoms in total. The molecule has 1 heterocycles. The number of carboxylic acid groups (broad SMARTS) is 1. The second-order valence-corrected chi connectivity index (χ2v) is 4.59. The number of nitrogens with zero attached hydrogens (tertiary/aromatic N) is 3. The predicted molar refractivity (Wildman–Crippen MR) is 70.2 cm³/mol. The second kappa shape index (κ2) is 5.79. The van der Waals surface area contributed by atoms with Crippen molar-refractivity contribution in [1.29, 1.82) is 0 Å². The smallest absolute Gasteiger partial charge is 0.335 e. The molecule has 2 rings (SSSR count). The largest absolute Gasteiger partial charge is 0.478 e. The molecule has 0 unspecified atom stereocenters. The van der Waals surface area contributed by atoms with Crippen molar-refractivity contribution in [2.75, 3.05) is 6.61 Å². The van der Waals surface area contributed by atoms with E-state index in [1.165, 1.54) is 6.07 Å². The summed E-state index contributed by atoms with van der Waals surface area (Å²) in [7, 11) is 0. The summed E-state index contributed by atoms with van der Waals surface area (Å²) in [5.41, 5.74) is 1.67. The Morgan fingerprint density at radius 2 is 2.26 bits per heavy atom. The highest BCUT2D eigenvalue weighted by Gasteiger charge is 2.08. The van der Waals surface area contributed by atoms with E-state index in [0.717, 1.165) is 11.9 Å². The fraction of sp³-hybridized carbons (Fsp3) is 0.462. The SMILES string of the molecule is CC(C)OCCCn1nnc2cc(C(=O)O)ccc21. The van der Waals surface area contributed by atoms with E-state index >= 15 is 0 Å². The molecule has 102 valence electrons. The van der Waals surface area contributed by atoms with Gasteiger partial charge in [0.2, 0.25) is 0 Å². The lowest BCUT2D eigenvalue weighted by atomic mass is 10.2. The summed E-state index contributed by atoms with van der Waals surface area (Å²) in [6, 6.07) is 4.84. The van der Waals surface area contributed by atoms with Gasteiger partial charge in [0.05, 0.1) is 17.2 Å². The van der Waals surface area contributed by atoms with Crippen molar-refractivity contribution in [2.24, 2.45) is 0 Å². The van der Waals surface area contributed by atoms with Gasteiger partial charge in [0.25, 0.3) is 0 Å². The summed E-state index contributed by atoms with van der Waals surface area (Å²) in [6.07, 6.45) is 1.07. The van der Waals surface area contributed by atoms with Crippen molar-refractivity contribution in [1.82, 2.24) is 15.0 Å². The molecule has 0 atom stereocenters. The standard InChI is InChI=1S/C13H17N3O3/c1-9(2)19-7-3-6-16-12-5-4-10(13(17)18)8-11(12)14-15-16/h4-5,8-9H,3,6-7H2,1-2H3,(H,17,18). The number of ether oxygens (including phenoxy) is 1. The van der Waals surface area contributed by atoms with Gasteiger partial charge in [0.1, 0.15) is 5.52 Å². The van der Waals surface area contributed by atoms with Gasteiger partial charge in [-0.1, -0.05) is 5.21 Å². The maximum Gasteiger partial charge on any atom is 0.335 e. The second-order valence-electron chi connectivity index (χ2n) is 4.59. The zero-order valence-corrected chi connectivity index (χ0v) is 11.0. The number of carbonyl (C=O) groups is 1. The van der Waals surface area contributed by atoms with E-state index in [0.29, 0.717) is 18.7 Å². The molecule has 0 aliphatic rings. The Hall–Kier alpha value is -1.95. The Labute approximate surface area is 111 Å². The average Bonchev–Trinajstić information content (AvgIpc) is 2.76. The Morgan fingerprint density at radius 3 is 2.95 bits per heavy atom. The maximum atomic E-state index is 10.9. The summed E-state index contributed by atoms with van der Waals surface area (Å²) in [6.45, 7) is 5.37. The highest BCUT2D eigenvalue weighted by atomic mass is 16.5. The zero-order valence-electron chi connectivity index (χ0n) is 11.0. The number of aryl methyl sites for hydroxylation is 1. The van der Waals surface area contributed by atoms with E-state index in [2.05, 4.69) is 10.3 Å². The van der Waals surface area contributed by atoms with Crippen molar-refractivity contribution < 1.29 is 14.6 Å². The fourth-order valence-corrected chi connectivity index (χ4v) is 1.80. The van der Waals surface area contributed by atoms with Crippen LogP contribution in [0.1, 0.15) is 30.6 Å². The van der Waals surface area contributed by atoms with E-state index in [9.17, 15) is 4.79 Å². The number of carboxylic acids is 1. The molecule has 0 aliphatic heterocycles. The molecule has 0 radical (unpaired) electrons. The minimum Gasteiger partial charge on any atom is -0.478 e. The van der Waals surface area contributed by atoms with Crippen LogP contribution in [0.15, 0.2) is 18.2 Å². The van der Waals surface area contributed by atoms with Crippen molar-refractivity contribution >= 4 is 17.0 Å². The molecule has 0 spiro atoms. The quantitative estimate of drug-likeness (QED) is 0.806. The molecule has 0 fully saturated rings. The lowest BCUT2D eigenvalue weighted by Gasteiger charge is -2.07. The molecule has 0 saturated heterocycles. The van der Waals surface area contributed by atoms with Crippen LogP contribution in [0, 0.1) is 0 Å². The third-order valence-corrected chi connectivity index (χ3v) is 2.73. The third-order valence-electron chi connectivity index (χ3n) is 2.73. The van der Waals surface area contributed by atoms with Crippen LogP contribution in [-0.4, -0.2) is 38.8 Å². The van der Waals surface area contributed by atoms with Gasteiger partial charge < -0.3 is 9.84 Å². The summed E-state index contributed by atoms with van der Waals surface area (Å²) in [4.78, 5) is 10.9. The number of fused-ring (bicyclic) bond motifs is 1. The summed E-state index contributed by atoms with van der Waals surface area (Å²) in [5, 5.41) is 16.9. The topological polar surface area (TPSA) is 77.2 Å². The molecule has 1 N–H and O–H groups in total. The van der Waals surface area contributed by atoms with Crippen LogP contribution in [0.4, 0.5) is 0 Å². The monoisotopic (exact) mass is 263 g/mol. The highest BCUT2D eigenvalue weighted by Crippen LogP contribution is 2.14. The number of hydrogen-bond donors (Lipinski definition) is 1. The van der Waals surface area contributed by atoms with Crippen LogP contribution in [0.5, 0.6) is 0 Å². The van der Waals surface area contributed by atoms with Crippen LogP contribution < -0.4 is 0 Å². The van der Waals surface area contributed by atoms with Crippen LogP contribution in [0.25, 0.3) is 11.0 Å². The first-order chi connectivity index (χ1) is 9.08. The lowest BCUT2D eigenvalue weighted by Crippen LogP contribution is -2.08. The van der Waals surface area contributed by atoms with E-state index < -0.39 is 5.97 Å². The summed E-state index contributed by atoms with van der Waals surface area (Å²) >= 11 is 0. The predicted octanol–water partition coefficient (Wildman–Crippen LogP) is 1.94. The van der Waals surface area contributed by atoms with E-state index in [1.54, 1.807) is 16.8 Å². The van der Waals surface area contributed by atoms with E-state index in [4.69, 9.17) is 9.84 Å². The molecule has 1 aromatic heterocycles. The molecular formula is C13H17N3O3. The van der Waals surface area contributed by atoms with Gasteiger partial charge in [0, 0.05) is 13.2 Å². The van der Waals surface area contributed by atoms with Crippen molar-refractivity contribution in [3.63, 3.8) is 0 Å². The Bertz CT molecular complexity index is 578. The minimum absolute atomic E-state index is 0.225. The van der Waals surface area contributed by atoms with E-state index in [-0.39, 0.29) is 11.7 Å². The zero-order chi connectivity index (χ0) is 13.8. The minimum atomic E-state index is -0.957. The molecule has 2 aromatic rings. The van der Waals surface area contributed by atoms with Crippen molar-refractivity contribution in [3.8, 4) is 0 Å². The molecule has 0 amide bonds. The number of rotatable bonds is 6. The van der Waals surface area contributed by atoms with Crippen LogP contribution in [0.2, 0.25) is 0 Å². The van der Waals surface area contributed by atoms with Crippen LogP contribution in [-0.2, 0) is 11.3 Å². The Morgan fingerprint density at radius 1 is 1.47 bits per heavy atom. The Kier molecular flexibility index (Phi) is 4.11. The first kappa shape index (κ1) is 13.5. The number of benzene rings is 1. The summed E-state index contributed by atoms with van der Waals surface area (Å²) in [5.74, 6) is -0.957. The van der Waals surface area contributed by atoms with Gasteiger partial charge >= 0.3 is 5.97 Å². The van der Waals surface area contributed by atoms with Gasteiger partial charge in [-0.15, -0.1) is 5.10 Å². The van der Waals surface area contributed by atoms with Gasteiger partial charge in [0.15, 0.2) is 0 Å². The van der Waals surface area contributed by atoms with Crippen LogP contribution >= 0.6 is 0 Å². The highest BCUT2D eigenvalue weighted by molar-refractivity contribution is 5.92. The fourth-order valence-electron chi connectivity index (χ4n) is 1.80. The molecular weight excluding hydrogens is 246 g/mol. The molecule has 6 heteroatoms. The number of aromatic nitrogens is 3. The number of hydrogen-bond acceptors (Lipinski definition) is 4. The normalized spacial score (nSPS) is 11.3. The van der Waals surface area contributed by atoms with Crippen molar-refractivity contribution in [3.05, 3.63) is 23.8 Å². The average molecular weight is 263 g/mol. The first-order valence-corrected chi connectivity index (χ1v) is 6.26. The number of aromatic carboxylic acids is 1. The molecule has 0 bridgehead atoms. The van der Waals surface area contributed by atoms with Gasteiger partial charge in [-0.05, 0) is 38.5 Å². The molecule has 1 aromatic carbocycles. The van der Waals surface area contributed by atoms with Crippen LogP contribution in [0.3, 0.4) is 0 Å². The molecule has 0 saturated carbocycles. The van der Waals surface area contributed by atoms with Gasteiger partial charge in [-0.25, -0.2) is 9.48 Å². The van der Waals surface area contributed by atoms with E-state index in [1.807, 2.05) is 13.8 Å². The maximum absolute atomic E-state index is 10.9. The van der Waals surface area contributed by atoms with Crippen molar-refractivity contribution in [2.45, 2.75) is 32.9 Å². The molecule has 19 heavy (non-hydrogen) atoms. The third kappa shape index (κ3) is 3.29. The molecule has 0 aliphatic carbocycles.